The number of anilines is 2. The van der Waals surface area contributed by atoms with Crippen molar-refractivity contribution in [1.82, 2.24) is 19.7 Å². The van der Waals surface area contributed by atoms with Crippen LogP contribution in [0.1, 0.15) is 24.4 Å². The van der Waals surface area contributed by atoms with Crippen LogP contribution in [-0.2, 0) is 7.05 Å². The number of nitrogens with zero attached hydrogens (tertiary/aromatic N) is 4. The number of hydrogen-bond donors (Lipinski definition) is 1. The van der Waals surface area contributed by atoms with Crippen molar-refractivity contribution in [2.45, 2.75) is 18.9 Å². The average molecular weight is 320 g/mol. The zero-order chi connectivity index (χ0) is 15.7. The lowest BCUT2D eigenvalue weighted by molar-refractivity contribution is 0.317. The summed E-state index contributed by atoms with van der Waals surface area (Å²) >= 11 is 5.88. The van der Waals surface area contributed by atoms with E-state index in [9.17, 15) is 4.79 Å². The first kappa shape index (κ1) is 15.0. The Morgan fingerprint density at radius 1 is 1.36 bits per heavy atom. The van der Waals surface area contributed by atoms with Gasteiger partial charge in [0.2, 0.25) is 0 Å². The molecular formula is C15H18ClN5O. The molecule has 1 N–H and O–H groups in total. The Morgan fingerprint density at radius 2 is 2.18 bits per heavy atom. The van der Waals surface area contributed by atoms with Crippen molar-refractivity contribution < 1.29 is 0 Å². The van der Waals surface area contributed by atoms with Crippen LogP contribution in [0.3, 0.4) is 0 Å². The van der Waals surface area contributed by atoms with E-state index in [1.54, 1.807) is 7.05 Å². The van der Waals surface area contributed by atoms with Crippen molar-refractivity contribution >= 4 is 23.1 Å². The van der Waals surface area contributed by atoms with Gasteiger partial charge in [0.25, 0.3) is 5.56 Å². The number of hydrogen-bond acceptors (Lipinski definition) is 5. The number of pyridine rings is 1. The van der Waals surface area contributed by atoms with Crippen LogP contribution in [-0.4, -0.2) is 33.3 Å². The van der Waals surface area contributed by atoms with Gasteiger partial charge in [0.05, 0.1) is 0 Å². The van der Waals surface area contributed by atoms with Crippen molar-refractivity contribution in [1.29, 1.82) is 0 Å². The molecule has 1 aliphatic heterocycles. The SMILES string of the molecule is CN1CCCC1c1ccc(Nc2cc(Cl)nn(C)c2=O)nc1. The topological polar surface area (TPSA) is 63.1 Å². The quantitative estimate of drug-likeness (QED) is 0.940. The van der Waals surface area contributed by atoms with E-state index in [1.807, 2.05) is 12.3 Å². The first-order valence-electron chi connectivity index (χ1n) is 7.21. The van der Waals surface area contributed by atoms with Crippen molar-refractivity contribution in [2.75, 3.05) is 18.9 Å². The van der Waals surface area contributed by atoms with Crippen LogP contribution >= 0.6 is 11.6 Å². The summed E-state index contributed by atoms with van der Waals surface area (Å²) in [6.07, 6.45) is 4.24. The first-order valence-corrected chi connectivity index (χ1v) is 7.59. The van der Waals surface area contributed by atoms with Gasteiger partial charge >= 0.3 is 0 Å². The van der Waals surface area contributed by atoms with Gasteiger partial charge in [-0.25, -0.2) is 9.67 Å². The Hall–Kier alpha value is -1.92. The molecule has 6 nitrogen and oxygen atoms in total. The molecule has 0 amide bonds. The third-order valence-corrected chi connectivity index (χ3v) is 4.17. The van der Waals surface area contributed by atoms with Gasteiger partial charge in [-0.05, 0) is 38.1 Å². The number of aromatic nitrogens is 3. The molecule has 1 fully saturated rings. The molecule has 1 atom stereocenters. The summed E-state index contributed by atoms with van der Waals surface area (Å²) in [5.41, 5.74) is 1.32. The smallest absolute Gasteiger partial charge is 0.290 e. The summed E-state index contributed by atoms with van der Waals surface area (Å²) in [5.74, 6) is 0.615. The summed E-state index contributed by atoms with van der Waals surface area (Å²) < 4.78 is 1.20. The molecule has 0 bridgehead atoms. The highest BCUT2D eigenvalue weighted by Crippen LogP contribution is 2.30. The van der Waals surface area contributed by atoms with E-state index in [0.717, 1.165) is 13.0 Å². The van der Waals surface area contributed by atoms with E-state index in [1.165, 1.54) is 22.7 Å². The molecule has 0 aliphatic carbocycles. The summed E-state index contributed by atoms with van der Waals surface area (Å²) in [7, 11) is 3.69. The zero-order valence-electron chi connectivity index (χ0n) is 12.6. The van der Waals surface area contributed by atoms with E-state index >= 15 is 0 Å². The number of nitrogens with one attached hydrogen (secondary N) is 1. The minimum Gasteiger partial charge on any atom is -0.336 e. The highest BCUT2D eigenvalue weighted by Gasteiger charge is 2.22. The minimum atomic E-state index is -0.245. The highest BCUT2D eigenvalue weighted by atomic mass is 35.5. The lowest BCUT2D eigenvalue weighted by Gasteiger charge is -2.19. The van der Waals surface area contributed by atoms with Crippen molar-refractivity contribution in [3.05, 3.63) is 45.5 Å². The molecule has 7 heteroatoms. The molecule has 0 spiro atoms. The fraction of sp³-hybridized carbons (Fsp3) is 0.400. The maximum atomic E-state index is 12.0. The van der Waals surface area contributed by atoms with E-state index in [2.05, 4.69) is 33.4 Å². The number of rotatable bonds is 3. The fourth-order valence-electron chi connectivity index (χ4n) is 2.81. The van der Waals surface area contributed by atoms with Gasteiger partial charge in [-0.15, -0.1) is 0 Å². The number of likely N-dealkylation sites (tertiary alicyclic amines) is 1. The second-order valence-corrected chi connectivity index (χ2v) is 5.94. The number of aryl methyl sites for hydroxylation is 1. The highest BCUT2D eigenvalue weighted by molar-refractivity contribution is 6.29. The Kier molecular flexibility index (Phi) is 4.13. The molecule has 116 valence electrons. The van der Waals surface area contributed by atoms with Crippen LogP contribution in [0.5, 0.6) is 0 Å². The molecule has 0 aromatic carbocycles. The molecular weight excluding hydrogens is 302 g/mol. The molecule has 0 saturated carbocycles. The van der Waals surface area contributed by atoms with E-state index in [0.29, 0.717) is 17.5 Å². The Labute approximate surface area is 133 Å². The molecule has 1 aliphatic rings. The largest absolute Gasteiger partial charge is 0.336 e. The molecule has 2 aromatic rings. The third-order valence-electron chi connectivity index (χ3n) is 3.99. The fourth-order valence-corrected chi connectivity index (χ4v) is 3.03. The standard InChI is InChI=1S/C15H18ClN5O/c1-20-7-3-4-12(20)10-5-6-14(17-9-10)18-11-8-13(16)19-21(2)15(11)22/h5-6,8-9,12H,3-4,7H2,1-2H3,(H,17,18). The minimum absolute atomic E-state index is 0.245. The van der Waals surface area contributed by atoms with Crippen LogP contribution in [0.25, 0.3) is 0 Å². The maximum Gasteiger partial charge on any atom is 0.290 e. The van der Waals surface area contributed by atoms with Crippen molar-refractivity contribution in [2.24, 2.45) is 7.05 Å². The molecule has 22 heavy (non-hydrogen) atoms. The second-order valence-electron chi connectivity index (χ2n) is 5.55. The maximum absolute atomic E-state index is 12.0. The summed E-state index contributed by atoms with van der Waals surface area (Å²) in [4.78, 5) is 18.7. The monoisotopic (exact) mass is 319 g/mol. The van der Waals surface area contributed by atoms with Crippen molar-refractivity contribution in [3.8, 4) is 0 Å². The zero-order valence-corrected chi connectivity index (χ0v) is 13.3. The summed E-state index contributed by atoms with van der Waals surface area (Å²) in [6, 6.07) is 5.87. The van der Waals surface area contributed by atoms with Crippen molar-refractivity contribution in [3.63, 3.8) is 0 Å². The Balaban J connectivity index is 1.81. The van der Waals surface area contributed by atoms with E-state index in [-0.39, 0.29) is 10.7 Å². The van der Waals surface area contributed by atoms with Gasteiger partial charge in [0, 0.05) is 25.4 Å². The van der Waals surface area contributed by atoms with Gasteiger partial charge < -0.3 is 5.32 Å². The van der Waals surface area contributed by atoms with E-state index in [4.69, 9.17) is 11.6 Å². The number of halogens is 1. The Morgan fingerprint density at radius 3 is 2.82 bits per heavy atom. The summed E-state index contributed by atoms with van der Waals surface area (Å²) in [5, 5.41) is 7.11. The van der Waals surface area contributed by atoms with Crippen LogP contribution in [0.4, 0.5) is 11.5 Å². The van der Waals surface area contributed by atoms with E-state index < -0.39 is 0 Å². The summed E-state index contributed by atoms with van der Waals surface area (Å²) in [6.45, 7) is 1.12. The predicted octanol–water partition coefficient (Wildman–Crippen LogP) is 2.34. The van der Waals surface area contributed by atoms with Crippen LogP contribution in [0, 0.1) is 0 Å². The first-order chi connectivity index (χ1) is 10.5. The average Bonchev–Trinajstić information content (AvgIpc) is 2.91. The van der Waals surface area contributed by atoms with Gasteiger partial charge in [-0.1, -0.05) is 17.7 Å². The molecule has 0 radical (unpaired) electrons. The third kappa shape index (κ3) is 2.98. The molecule has 1 saturated heterocycles. The molecule has 1 unspecified atom stereocenters. The lowest BCUT2D eigenvalue weighted by Crippen LogP contribution is -2.22. The van der Waals surface area contributed by atoms with Gasteiger partial charge in [0.15, 0.2) is 5.15 Å². The Bertz CT molecular complexity index is 728. The lowest BCUT2D eigenvalue weighted by atomic mass is 10.1. The van der Waals surface area contributed by atoms with Gasteiger partial charge in [-0.3, -0.25) is 9.69 Å². The van der Waals surface area contributed by atoms with Gasteiger partial charge in [-0.2, -0.15) is 5.10 Å². The van der Waals surface area contributed by atoms with Gasteiger partial charge in [0.1, 0.15) is 11.5 Å². The molecule has 3 rings (SSSR count). The second kappa shape index (κ2) is 6.06. The van der Waals surface area contributed by atoms with Crippen LogP contribution in [0.2, 0.25) is 5.15 Å². The van der Waals surface area contributed by atoms with Crippen LogP contribution in [0.15, 0.2) is 29.2 Å². The molecule has 2 aromatic heterocycles. The van der Waals surface area contributed by atoms with Crippen LogP contribution < -0.4 is 10.9 Å². The predicted molar refractivity (Wildman–Crippen MR) is 86.6 cm³/mol. The molecule has 3 heterocycles. The normalized spacial score (nSPS) is 18.6.